The van der Waals surface area contributed by atoms with Crippen LogP contribution in [0.5, 0.6) is 0 Å². The maximum absolute atomic E-state index is 12.2. The quantitative estimate of drug-likeness (QED) is 0.691. The molecule has 1 aromatic carbocycles. The van der Waals surface area contributed by atoms with Gasteiger partial charge >= 0.3 is 0 Å². The Morgan fingerprint density at radius 2 is 1.80 bits per heavy atom. The van der Waals surface area contributed by atoms with E-state index in [9.17, 15) is 13.2 Å². The third-order valence-corrected chi connectivity index (χ3v) is 4.42. The highest BCUT2D eigenvalue weighted by Crippen LogP contribution is 2.18. The van der Waals surface area contributed by atoms with Crippen LogP contribution in [-0.4, -0.2) is 20.3 Å². The van der Waals surface area contributed by atoms with E-state index in [0.29, 0.717) is 6.42 Å². The first-order chi connectivity index (χ1) is 9.40. The van der Waals surface area contributed by atoms with E-state index in [1.54, 1.807) is 19.1 Å². The number of unbranched alkanes of at least 4 members (excludes halogenated alkanes) is 1. The Balaban J connectivity index is 2.90. The van der Waals surface area contributed by atoms with Gasteiger partial charge in [0.25, 0.3) is 10.1 Å². The highest BCUT2D eigenvalue weighted by Gasteiger charge is 2.25. The van der Waals surface area contributed by atoms with E-state index < -0.39 is 16.2 Å². The number of benzene rings is 1. The monoisotopic (exact) mass is 298 g/mol. The predicted molar refractivity (Wildman–Crippen MR) is 78.1 cm³/mol. The molecule has 112 valence electrons. The van der Waals surface area contributed by atoms with Crippen LogP contribution in [0.1, 0.15) is 45.1 Å². The van der Waals surface area contributed by atoms with E-state index in [1.807, 2.05) is 13.8 Å². The molecule has 0 saturated carbocycles. The summed E-state index contributed by atoms with van der Waals surface area (Å²) >= 11 is 0. The van der Waals surface area contributed by atoms with Crippen molar-refractivity contribution >= 4 is 15.9 Å². The Kier molecular flexibility index (Phi) is 6.36. The second-order valence-electron chi connectivity index (χ2n) is 4.81. The van der Waals surface area contributed by atoms with Gasteiger partial charge in [0.2, 0.25) is 0 Å². The van der Waals surface area contributed by atoms with Crippen LogP contribution >= 0.6 is 0 Å². The summed E-state index contributed by atoms with van der Waals surface area (Å²) in [5.41, 5.74) is 0.969. The van der Waals surface area contributed by atoms with Crippen molar-refractivity contribution in [1.82, 2.24) is 0 Å². The van der Waals surface area contributed by atoms with E-state index in [2.05, 4.69) is 0 Å². The van der Waals surface area contributed by atoms with Crippen molar-refractivity contribution < 1.29 is 17.4 Å². The summed E-state index contributed by atoms with van der Waals surface area (Å²) in [5, 5.41) is 0. The smallest absolute Gasteiger partial charge is 0.297 e. The fourth-order valence-corrected chi connectivity index (χ4v) is 2.88. The van der Waals surface area contributed by atoms with Crippen LogP contribution in [-0.2, 0) is 19.1 Å². The fraction of sp³-hybridized carbons (Fsp3) is 0.533. The van der Waals surface area contributed by atoms with Crippen molar-refractivity contribution in [3.63, 3.8) is 0 Å². The van der Waals surface area contributed by atoms with E-state index in [1.165, 1.54) is 12.1 Å². The molecule has 5 heteroatoms. The fourth-order valence-electron chi connectivity index (χ4n) is 1.79. The average Bonchev–Trinajstić information content (AvgIpc) is 2.43. The number of carbonyl (C=O) groups excluding carboxylic acids is 1. The molecule has 0 aliphatic heterocycles. The molecular weight excluding hydrogens is 276 g/mol. The van der Waals surface area contributed by atoms with Gasteiger partial charge in [0, 0.05) is 6.42 Å². The Labute approximate surface area is 121 Å². The molecule has 0 fully saturated rings. The molecule has 0 N–H and O–H groups in total. The van der Waals surface area contributed by atoms with Gasteiger partial charge in [0.15, 0.2) is 5.78 Å². The van der Waals surface area contributed by atoms with Crippen molar-refractivity contribution in [1.29, 1.82) is 0 Å². The zero-order valence-corrected chi connectivity index (χ0v) is 13.1. The first-order valence-electron chi connectivity index (χ1n) is 6.93. The lowest BCUT2D eigenvalue weighted by Gasteiger charge is -2.15. The number of hydrogen-bond donors (Lipinski definition) is 0. The maximum atomic E-state index is 12.2. The molecule has 0 heterocycles. The van der Waals surface area contributed by atoms with Crippen LogP contribution in [0, 0.1) is 6.92 Å². The van der Waals surface area contributed by atoms with Crippen molar-refractivity contribution in [2.75, 3.05) is 0 Å². The summed E-state index contributed by atoms with van der Waals surface area (Å²) in [6.07, 6.45) is 1.50. The van der Waals surface area contributed by atoms with Crippen LogP contribution in [0.15, 0.2) is 29.2 Å². The second-order valence-corrected chi connectivity index (χ2v) is 6.39. The molecule has 0 amide bonds. The zero-order valence-electron chi connectivity index (χ0n) is 12.3. The normalized spacial score (nSPS) is 13.2. The first kappa shape index (κ1) is 16.9. The van der Waals surface area contributed by atoms with Gasteiger partial charge < -0.3 is 0 Å². The molecule has 0 aliphatic carbocycles. The highest BCUT2D eigenvalue weighted by atomic mass is 32.2. The van der Waals surface area contributed by atoms with Crippen LogP contribution in [0.4, 0.5) is 0 Å². The molecule has 0 spiro atoms. The average molecular weight is 298 g/mol. The number of Topliss-reactive ketones (excluding diaryl/α,β-unsaturated/α-hetero) is 1. The molecule has 1 rings (SSSR count). The van der Waals surface area contributed by atoms with Crippen LogP contribution < -0.4 is 0 Å². The van der Waals surface area contributed by atoms with E-state index in [0.717, 1.165) is 18.4 Å². The molecule has 0 bridgehead atoms. The predicted octanol–water partition coefficient (Wildman–Crippen LogP) is 3.24. The number of carbonyl (C=O) groups is 1. The van der Waals surface area contributed by atoms with Gasteiger partial charge in [0.05, 0.1) is 4.90 Å². The van der Waals surface area contributed by atoms with E-state index >= 15 is 0 Å². The van der Waals surface area contributed by atoms with E-state index in [-0.39, 0.29) is 17.1 Å². The summed E-state index contributed by atoms with van der Waals surface area (Å²) in [4.78, 5) is 11.9. The lowest BCUT2D eigenvalue weighted by molar-refractivity contribution is -0.125. The number of rotatable bonds is 8. The largest absolute Gasteiger partial charge is 0.297 e. The molecule has 1 unspecified atom stereocenters. The Bertz CT molecular complexity index is 531. The third-order valence-electron chi connectivity index (χ3n) is 3.08. The summed E-state index contributed by atoms with van der Waals surface area (Å²) in [6.45, 7) is 5.58. The Morgan fingerprint density at radius 3 is 2.30 bits per heavy atom. The van der Waals surface area contributed by atoms with Crippen molar-refractivity contribution in [2.45, 2.75) is 57.5 Å². The molecular formula is C15H22O4S. The van der Waals surface area contributed by atoms with Crippen LogP contribution in [0.3, 0.4) is 0 Å². The zero-order chi connectivity index (χ0) is 15.2. The van der Waals surface area contributed by atoms with Gasteiger partial charge in [-0.25, -0.2) is 0 Å². The lowest BCUT2D eigenvalue weighted by Crippen LogP contribution is -2.27. The molecule has 0 aliphatic rings. The first-order valence-corrected chi connectivity index (χ1v) is 8.34. The highest BCUT2D eigenvalue weighted by molar-refractivity contribution is 7.86. The summed E-state index contributed by atoms with van der Waals surface area (Å²) in [6, 6.07) is 6.41. The molecule has 0 saturated heterocycles. The van der Waals surface area contributed by atoms with Crippen molar-refractivity contribution in [3.05, 3.63) is 29.8 Å². The topological polar surface area (TPSA) is 60.4 Å². The SMILES string of the molecule is CCCCC(OS(=O)(=O)c1ccc(C)cc1)C(=O)CC. The maximum Gasteiger partial charge on any atom is 0.297 e. The molecule has 0 radical (unpaired) electrons. The second kappa shape index (κ2) is 7.55. The minimum atomic E-state index is -3.88. The third kappa shape index (κ3) is 4.72. The summed E-state index contributed by atoms with van der Waals surface area (Å²) < 4.78 is 29.5. The van der Waals surface area contributed by atoms with Crippen molar-refractivity contribution in [2.24, 2.45) is 0 Å². The minimum Gasteiger partial charge on any atom is -0.297 e. The standard InChI is InChI=1S/C15H22O4S/c1-4-6-7-15(14(16)5-2)19-20(17,18)13-10-8-12(3)9-11-13/h8-11,15H,4-7H2,1-3H3. The van der Waals surface area contributed by atoms with Gasteiger partial charge in [-0.05, 0) is 25.5 Å². The lowest BCUT2D eigenvalue weighted by atomic mass is 10.1. The van der Waals surface area contributed by atoms with Crippen LogP contribution in [0.2, 0.25) is 0 Å². The Hall–Kier alpha value is -1.20. The summed E-state index contributed by atoms with van der Waals surface area (Å²) in [7, 11) is -3.88. The minimum absolute atomic E-state index is 0.0912. The summed E-state index contributed by atoms with van der Waals surface area (Å²) in [5.74, 6) is -0.172. The van der Waals surface area contributed by atoms with Gasteiger partial charge in [-0.15, -0.1) is 0 Å². The van der Waals surface area contributed by atoms with Crippen molar-refractivity contribution in [3.8, 4) is 0 Å². The number of hydrogen-bond acceptors (Lipinski definition) is 4. The van der Waals surface area contributed by atoms with Gasteiger partial charge in [0.1, 0.15) is 6.10 Å². The number of ketones is 1. The van der Waals surface area contributed by atoms with Gasteiger partial charge in [-0.2, -0.15) is 8.42 Å². The molecule has 1 aromatic rings. The Morgan fingerprint density at radius 1 is 1.20 bits per heavy atom. The van der Waals surface area contributed by atoms with Crippen LogP contribution in [0.25, 0.3) is 0 Å². The van der Waals surface area contributed by atoms with E-state index in [4.69, 9.17) is 4.18 Å². The molecule has 0 aromatic heterocycles. The number of aryl methyl sites for hydroxylation is 1. The molecule has 4 nitrogen and oxygen atoms in total. The molecule has 20 heavy (non-hydrogen) atoms. The van der Waals surface area contributed by atoms with Gasteiger partial charge in [-0.3, -0.25) is 8.98 Å². The molecule has 1 atom stereocenters. The van der Waals surface area contributed by atoms with Gasteiger partial charge in [-0.1, -0.05) is 44.4 Å².